The molecule has 8 heteroatoms. The van der Waals surface area contributed by atoms with Crippen LogP contribution >= 0.6 is 11.8 Å². The van der Waals surface area contributed by atoms with Crippen LogP contribution in [0.4, 0.5) is 0 Å². The zero-order chi connectivity index (χ0) is 14.6. The van der Waals surface area contributed by atoms with Gasteiger partial charge in [-0.25, -0.2) is 13.1 Å². The van der Waals surface area contributed by atoms with Gasteiger partial charge in [-0.3, -0.25) is 4.79 Å². The van der Waals surface area contributed by atoms with Gasteiger partial charge in [-0.1, -0.05) is 0 Å². The van der Waals surface area contributed by atoms with E-state index in [1.165, 1.54) is 6.26 Å². The normalized spacial score (nSPS) is 28.4. The maximum absolute atomic E-state index is 12.4. The quantitative estimate of drug-likeness (QED) is 0.728. The lowest BCUT2D eigenvalue weighted by molar-refractivity contribution is -0.134. The second-order valence-corrected chi connectivity index (χ2v) is 8.48. The summed E-state index contributed by atoms with van der Waals surface area (Å²) in [6.07, 6.45) is 3.09. The van der Waals surface area contributed by atoms with E-state index >= 15 is 0 Å². The summed E-state index contributed by atoms with van der Waals surface area (Å²) in [5.41, 5.74) is 0. The van der Waals surface area contributed by atoms with Gasteiger partial charge in [0, 0.05) is 37.7 Å². The van der Waals surface area contributed by atoms with Crippen LogP contribution in [0.25, 0.3) is 0 Å². The molecule has 0 spiro atoms. The third-order valence-electron chi connectivity index (χ3n) is 3.68. The Kier molecular flexibility index (Phi) is 5.71. The third-order valence-corrected chi connectivity index (χ3v) is 5.44. The molecule has 0 bridgehead atoms. The average molecular weight is 321 g/mol. The summed E-state index contributed by atoms with van der Waals surface area (Å²) in [6, 6.07) is -0.0737. The molecule has 2 rings (SSSR count). The minimum atomic E-state index is -3.15. The van der Waals surface area contributed by atoms with Crippen molar-refractivity contribution >= 4 is 27.7 Å². The molecule has 1 amide bonds. The fourth-order valence-corrected chi connectivity index (χ4v) is 4.11. The lowest BCUT2D eigenvalue weighted by Gasteiger charge is -2.36. The molecule has 0 aromatic heterocycles. The second kappa shape index (κ2) is 7.11. The summed E-state index contributed by atoms with van der Waals surface area (Å²) in [7, 11) is -3.15. The van der Waals surface area contributed by atoms with Gasteiger partial charge in [-0.2, -0.15) is 11.8 Å². The smallest absolute Gasteiger partial charge is 0.240 e. The molecule has 116 valence electrons. The lowest BCUT2D eigenvalue weighted by Crippen LogP contribution is -2.53. The van der Waals surface area contributed by atoms with E-state index in [0.717, 1.165) is 37.4 Å². The second-order valence-electron chi connectivity index (χ2n) is 5.49. The van der Waals surface area contributed by atoms with Crippen molar-refractivity contribution in [3.8, 4) is 0 Å². The molecule has 2 aliphatic heterocycles. The molecular weight excluding hydrogens is 298 g/mol. The number of piperidine rings is 1. The largest absolute Gasteiger partial charge is 0.341 e. The highest BCUT2D eigenvalue weighted by Gasteiger charge is 2.29. The van der Waals surface area contributed by atoms with Gasteiger partial charge in [0.05, 0.1) is 12.3 Å². The zero-order valence-electron chi connectivity index (χ0n) is 11.8. The van der Waals surface area contributed by atoms with E-state index in [1.807, 2.05) is 16.7 Å². The number of nitrogens with zero attached hydrogens (tertiary/aromatic N) is 1. The van der Waals surface area contributed by atoms with Crippen LogP contribution in [0, 0.1) is 5.92 Å². The summed E-state index contributed by atoms with van der Waals surface area (Å²) in [5.74, 6) is 2.28. The highest BCUT2D eigenvalue weighted by molar-refractivity contribution is 7.99. The maximum atomic E-state index is 12.4. The minimum Gasteiger partial charge on any atom is -0.341 e. The van der Waals surface area contributed by atoms with Crippen molar-refractivity contribution in [1.82, 2.24) is 14.9 Å². The van der Waals surface area contributed by atoms with Crippen molar-refractivity contribution < 1.29 is 13.2 Å². The van der Waals surface area contributed by atoms with Crippen LogP contribution in [0.15, 0.2) is 0 Å². The predicted octanol–water partition coefficient (Wildman–Crippen LogP) is -0.521. The highest BCUT2D eigenvalue weighted by Crippen LogP contribution is 2.18. The molecule has 2 fully saturated rings. The Balaban J connectivity index is 1.84. The third kappa shape index (κ3) is 4.91. The number of sulfonamides is 1. The van der Waals surface area contributed by atoms with Crippen molar-refractivity contribution in [3.05, 3.63) is 0 Å². The van der Waals surface area contributed by atoms with Gasteiger partial charge in [0.15, 0.2) is 0 Å². The topological polar surface area (TPSA) is 78.5 Å². The highest BCUT2D eigenvalue weighted by atomic mass is 32.2. The summed E-state index contributed by atoms with van der Waals surface area (Å²) >= 11 is 1.81. The van der Waals surface area contributed by atoms with E-state index in [-0.39, 0.29) is 17.9 Å². The number of carbonyl (C=O) groups is 1. The number of hydrogen-bond donors (Lipinski definition) is 2. The van der Waals surface area contributed by atoms with Gasteiger partial charge in [0.1, 0.15) is 0 Å². The number of carbonyl (C=O) groups excluding carboxylic acids is 1. The van der Waals surface area contributed by atoms with Crippen LogP contribution in [0.2, 0.25) is 0 Å². The number of nitrogens with one attached hydrogen (secondary N) is 2. The van der Waals surface area contributed by atoms with Crippen molar-refractivity contribution in [3.63, 3.8) is 0 Å². The Morgan fingerprint density at radius 3 is 2.95 bits per heavy atom. The molecule has 0 radical (unpaired) electrons. The van der Waals surface area contributed by atoms with Crippen LogP contribution in [-0.2, 0) is 14.8 Å². The van der Waals surface area contributed by atoms with Gasteiger partial charge in [0.2, 0.25) is 15.9 Å². The first-order chi connectivity index (χ1) is 9.46. The van der Waals surface area contributed by atoms with Crippen LogP contribution in [0.3, 0.4) is 0 Å². The van der Waals surface area contributed by atoms with E-state index in [2.05, 4.69) is 10.0 Å². The molecule has 2 heterocycles. The fraction of sp³-hybridized carbons (Fsp3) is 0.917. The summed E-state index contributed by atoms with van der Waals surface area (Å²) in [4.78, 5) is 14.3. The van der Waals surface area contributed by atoms with Gasteiger partial charge in [-0.15, -0.1) is 0 Å². The Bertz CT molecular complexity index is 435. The Hall–Kier alpha value is -0.310. The average Bonchev–Trinajstić information content (AvgIpc) is 2.45. The maximum Gasteiger partial charge on any atom is 0.240 e. The predicted molar refractivity (Wildman–Crippen MR) is 81.3 cm³/mol. The molecule has 0 saturated carbocycles. The molecule has 2 N–H and O–H groups in total. The molecule has 2 unspecified atom stereocenters. The first-order valence-corrected chi connectivity index (χ1v) is 10.0. The van der Waals surface area contributed by atoms with Crippen molar-refractivity contribution in [2.24, 2.45) is 5.92 Å². The van der Waals surface area contributed by atoms with Gasteiger partial charge < -0.3 is 10.2 Å². The Morgan fingerprint density at radius 2 is 2.30 bits per heavy atom. The van der Waals surface area contributed by atoms with Crippen molar-refractivity contribution in [2.75, 3.05) is 43.9 Å². The molecule has 0 aliphatic carbocycles. The first-order valence-electron chi connectivity index (χ1n) is 7.00. The van der Waals surface area contributed by atoms with Crippen LogP contribution in [-0.4, -0.2) is 69.2 Å². The van der Waals surface area contributed by atoms with Gasteiger partial charge in [0.25, 0.3) is 0 Å². The minimum absolute atomic E-state index is 0.0737. The molecule has 2 atom stereocenters. The summed E-state index contributed by atoms with van der Waals surface area (Å²) in [5, 5.41) is 3.26. The standard InChI is InChI=1S/C12H23N3O3S2/c1-20(17,18)14-7-10-3-2-5-15(8-10)12(16)11-9-19-6-4-13-11/h10-11,13-14H,2-9H2,1H3. The van der Waals surface area contributed by atoms with Gasteiger partial charge in [-0.05, 0) is 18.8 Å². The summed E-state index contributed by atoms with van der Waals surface area (Å²) in [6.45, 7) is 2.75. The van der Waals surface area contributed by atoms with Gasteiger partial charge >= 0.3 is 0 Å². The SMILES string of the molecule is CS(=O)(=O)NCC1CCCN(C(=O)C2CSCCN2)C1. The van der Waals surface area contributed by atoms with Crippen molar-refractivity contribution in [1.29, 1.82) is 0 Å². The number of likely N-dealkylation sites (tertiary alicyclic amines) is 1. The number of amides is 1. The monoisotopic (exact) mass is 321 g/mol. The van der Waals surface area contributed by atoms with Crippen LogP contribution < -0.4 is 10.0 Å². The lowest BCUT2D eigenvalue weighted by atomic mass is 9.98. The van der Waals surface area contributed by atoms with E-state index in [1.54, 1.807) is 0 Å². The molecular formula is C12H23N3O3S2. The van der Waals surface area contributed by atoms with Crippen LogP contribution in [0.1, 0.15) is 12.8 Å². The van der Waals surface area contributed by atoms with E-state index in [4.69, 9.17) is 0 Å². The fourth-order valence-electron chi connectivity index (χ4n) is 2.65. The molecule has 20 heavy (non-hydrogen) atoms. The molecule has 2 aliphatic rings. The molecule has 6 nitrogen and oxygen atoms in total. The molecule has 2 saturated heterocycles. The first kappa shape index (κ1) is 16.1. The van der Waals surface area contributed by atoms with E-state index in [9.17, 15) is 13.2 Å². The van der Waals surface area contributed by atoms with E-state index in [0.29, 0.717) is 13.1 Å². The molecule has 0 aromatic carbocycles. The summed E-state index contributed by atoms with van der Waals surface area (Å²) < 4.78 is 24.8. The van der Waals surface area contributed by atoms with Crippen molar-refractivity contribution in [2.45, 2.75) is 18.9 Å². The van der Waals surface area contributed by atoms with Crippen LogP contribution in [0.5, 0.6) is 0 Å². The molecule has 0 aromatic rings. The van der Waals surface area contributed by atoms with E-state index < -0.39 is 10.0 Å². The number of rotatable bonds is 4. The zero-order valence-corrected chi connectivity index (χ0v) is 13.4. The Morgan fingerprint density at radius 1 is 1.50 bits per heavy atom. The number of hydrogen-bond acceptors (Lipinski definition) is 5. The Labute approximate surface area is 125 Å². The number of thioether (sulfide) groups is 1.